The van der Waals surface area contributed by atoms with Crippen molar-refractivity contribution in [1.82, 2.24) is 20.2 Å². The fourth-order valence-electron chi connectivity index (χ4n) is 2.54. The van der Waals surface area contributed by atoms with Crippen LogP contribution in [0, 0.1) is 0 Å². The largest absolute Gasteiger partial charge is 0.486 e. The first-order chi connectivity index (χ1) is 7.92. The first-order valence-corrected chi connectivity index (χ1v) is 5.78. The third-order valence-corrected chi connectivity index (χ3v) is 3.28. The molecule has 5 nitrogen and oxygen atoms in total. The summed E-state index contributed by atoms with van der Waals surface area (Å²) in [5, 5.41) is 3.42. The van der Waals surface area contributed by atoms with Gasteiger partial charge in [-0.05, 0) is 0 Å². The average Bonchev–Trinajstić information content (AvgIpc) is 2.72. The summed E-state index contributed by atoms with van der Waals surface area (Å²) in [7, 11) is 0. The van der Waals surface area contributed by atoms with Gasteiger partial charge in [-0.15, -0.1) is 0 Å². The molecule has 2 fully saturated rings. The summed E-state index contributed by atoms with van der Waals surface area (Å²) >= 11 is 0. The molecule has 2 aliphatic heterocycles. The summed E-state index contributed by atoms with van der Waals surface area (Å²) in [5.74, 6) is 0.778. The van der Waals surface area contributed by atoms with Gasteiger partial charge in [0.2, 0.25) is 0 Å². The molecule has 2 aliphatic rings. The van der Waals surface area contributed by atoms with Crippen LogP contribution in [-0.4, -0.2) is 53.2 Å². The number of hydrogen-bond donors (Lipinski definition) is 1. The summed E-state index contributed by atoms with van der Waals surface area (Å²) < 4.78 is 5.87. The molecule has 16 heavy (non-hydrogen) atoms. The molecule has 0 saturated carbocycles. The Balaban J connectivity index is 1.61. The molecule has 1 N–H and O–H groups in total. The summed E-state index contributed by atoms with van der Waals surface area (Å²) in [6, 6.07) is 0.642. The minimum Gasteiger partial charge on any atom is -0.486 e. The lowest BCUT2D eigenvalue weighted by Gasteiger charge is -2.29. The van der Waals surface area contributed by atoms with E-state index in [1.54, 1.807) is 12.4 Å². The Morgan fingerprint density at radius 2 is 2.25 bits per heavy atom. The van der Waals surface area contributed by atoms with Crippen molar-refractivity contribution < 1.29 is 4.74 Å². The van der Waals surface area contributed by atoms with Gasteiger partial charge in [-0.1, -0.05) is 0 Å². The van der Waals surface area contributed by atoms with Crippen LogP contribution in [0.15, 0.2) is 18.7 Å². The number of nitrogens with zero attached hydrogens (tertiary/aromatic N) is 3. The fraction of sp³-hybridized carbons (Fsp3) is 0.636. The van der Waals surface area contributed by atoms with Crippen molar-refractivity contribution >= 4 is 0 Å². The lowest BCUT2D eigenvalue weighted by atomic mass is 10.2. The zero-order chi connectivity index (χ0) is 10.8. The molecule has 86 valence electrons. The summed E-state index contributed by atoms with van der Waals surface area (Å²) in [5.41, 5.74) is 0. The smallest absolute Gasteiger partial charge is 0.156 e. The topological polar surface area (TPSA) is 50.3 Å². The van der Waals surface area contributed by atoms with Crippen LogP contribution in [0.1, 0.15) is 6.42 Å². The van der Waals surface area contributed by atoms with Gasteiger partial charge in [0.05, 0.1) is 12.4 Å². The number of ether oxygens (including phenoxy) is 1. The first-order valence-electron chi connectivity index (χ1n) is 5.78. The van der Waals surface area contributed by atoms with Gasteiger partial charge in [-0.2, -0.15) is 0 Å². The van der Waals surface area contributed by atoms with Crippen molar-refractivity contribution in [1.29, 1.82) is 0 Å². The first kappa shape index (κ1) is 9.99. The molecule has 5 heteroatoms. The number of nitrogens with one attached hydrogen (secondary N) is 1. The molecule has 1 aromatic rings. The van der Waals surface area contributed by atoms with E-state index >= 15 is 0 Å². The SMILES string of the molecule is c1ncc(O[C@@H]2C[C@@H]3CNCCN3C2)cn1. The van der Waals surface area contributed by atoms with E-state index < -0.39 is 0 Å². The van der Waals surface area contributed by atoms with E-state index in [1.165, 1.54) is 6.33 Å². The lowest BCUT2D eigenvalue weighted by Crippen LogP contribution is -2.47. The second-order valence-corrected chi connectivity index (χ2v) is 4.40. The molecule has 0 amide bonds. The van der Waals surface area contributed by atoms with Gasteiger partial charge in [0.25, 0.3) is 0 Å². The molecule has 0 spiro atoms. The predicted octanol–water partition coefficient (Wildman–Crippen LogP) is -0.0985. The molecule has 2 saturated heterocycles. The van der Waals surface area contributed by atoms with Crippen LogP contribution in [-0.2, 0) is 0 Å². The zero-order valence-electron chi connectivity index (χ0n) is 9.17. The van der Waals surface area contributed by atoms with Gasteiger partial charge in [-0.3, -0.25) is 4.90 Å². The van der Waals surface area contributed by atoms with Gasteiger partial charge >= 0.3 is 0 Å². The molecule has 0 radical (unpaired) electrons. The molecule has 0 aliphatic carbocycles. The van der Waals surface area contributed by atoms with Crippen LogP contribution in [0.25, 0.3) is 0 Å². The minimum atomic E-state index is 0.288. The zero-order valence-corrected chi connectivity index (χ0v) is 9.17. The minimum absolute atomic E-state index is 0.288. The third kappa shape index (κ3) is 2.01. The predicted molar refractivity (Wildman–Crippen MR) is 59.3 cm³/mol. The van der Waals surface area contributed by atoms with Crippen molar-refractivity contribution in [3.05, 3.63) is 18.7 Å². The van der Waals surface area contributed by atoms with Crippen molar-refractivity contribution in [2.24, 2.45) is 0 Å². The van der Waals surface area contributed by atoms with E-state index in [2.05, 4.69) is 20.2 Å². The van der Waals surface area contributed by atoms with Crippen LogP contribution in [0.3, 0.4) is 0 Å². The van der Waals surface area contributed by atoms with Gasteiger partial charge in [0.1, 0.15) is 12.4 Å². The standard InChI is InChI=1S/C11H16N4O/c1-2-15-7-10(3-9(15)4-12-1)16-11-5-13-8-14-6-11/h5-6,8-10,12H,1-4,7H2/t9-,10-/m1/s1. The van der Waals surface area contributed by atoms with E-state index in [1.807, 2.05) is 0 Å². The van der Waals surface area contributed by atoms with E-state index in [0.717, 1.165) is 38.3 Å². The van der Waals surface area contributed by atoms with E-state index in [4.69, 9.17) is 4.74 Å². The van der Waals surface area contributed by atoms with Gasteiger partial charge in [0.15, 0.2) is 5.75 Å². The molecular formula is C11H16N4O. The Bertz CT molecular complexity index is 331. The van der Waals surface area contributed by atoms with Crippen molar-refractivity contribution in [3.8, 4) is 5.75 Å². The third-order valence-electron chi connectivity index (χ3n) is 3.28. The molecular weight excluding hydrogens is 204 g/mol. The Morgan fingerprint density at radius 1 is 1.38 bits per heavy atom. The lowest BCUT2D eigenvalue weighted by molar-refractivity contribution is 0.186. The highest BCUT2D eigenvalue weighted by atomic mass is 16.5. The van der Waals surface area contributed by atoms with Crippen LogP contribution in [0.5, 0.6) is 5.75 Å². The second kappa shape index (κ2) is 4.35. The Hall–Kier alpha value is -1.20. The number of rotatable bonds is 2. The van der Waals surface area contributed by atoms with Crippen molar-refractivity contribution in [3.63, 3.8) is 0 Å². The molecule has 3 heterocycles. The monoisotopic (exact) mass is 220 g/mol. The normalized spacial score (nSPS) is 30.0. The van der Waals surface area contributed by atoms with Crippen LogP contribution in [0.2, 0.25) is 0 Å². The maximum atomic E-state index is 5.87. The molecule has 3 rings (SSSR count). The number of piperazine rings is 1. The van der Waals surface area contributed by atoms with Gasteiger partial charge in [0, 0.05) is 38.6 Å². The molecule has 0 bridgehead atoms. The fourth-order valence-corrected chi connectivity index (χ4v) is 2.54. The highest BCUT2D eigenvalue weighted by Gasteiger charge is 2.34. The van der Waals surface area contributed by atoms with Crippen LogP contribution < -0.4 is 10.1 Å². The highest BCUT2D eigenvalue weighted by Crippen LogP contribution is 2.22. The molecule has 2 atom stereocenters. The van der Waals surface area contributed by atoms with Crippen LogP contribution in [0.4, 0.5) is 0 Å². The highest BCUT2D eigenvalue weighted by molar-refractivity contribution is 5.11. The Morgan fingerprint density at radius 3 is 3.06 bits per heavy atom. The maximum Gasteiger partial charge on any atom is 0.156 e. The summed E-state index contributed by atoms with van der Waals surface area (Å²) in [6.07, 6.45) is 6.36. The van der Waals surface area contributed by atoms with Gasteiger partial charge < -0.3 is 10.1 Å². The number of hydrogen-bond acceptors (Lipinski definition) is 5. The van der Waals surface area contributed by atoms with E-state index in [-0.39, 0.29) is 6.10 Å². The van der Waals surface area contributed by atoms with E-state index in [9.17, 15) is 0 Å². The summed E-state index contributed by atoms with van der Waals surface area (Å²) in [4.78, 5) is 10.4. The maximum absolute atomic E-state index is 5.87. The Kier molecular flexibility index (Phi) is 2.71. The number of aromatic nitrogens is 2. The Labute approximate surface area is 94.8 Å². The van der Waals surface area contributed by atoms with Crippen molar-refractivity contribution in [2.75, 3.05) is 26.2 Å². The van der Waals surface area contributed by atoms with Crippen LogP contribution >= 0.6 is 0 Å². The number of fused-ring (bicyclic) bond motifs is 1. The average molecular weight is 220 g/mol. The van der Waals surface area contributed by atoms with E-state index in [0.29, 0.717) is 6.04 Å². The van der Waals surface area contributed by atoms with Gasteiger partial charge in [-0.25, -0.2) is 9.97 Å². The summed E-state index contributed by atoms with van der Waals surface area (Å²) in [6.45, 7) is 4.35. The molecule has 1 aromatic heterocycles. The molecule has 0 unspecified atom stereocenters. The quantitative estimate of drug-likeness (QED) is 0.754. The molecule has 0 aromatic carbocycles. The second-order valence-electron chi connectivity index (χ2n) is 4.40. The van der Waals surface area contributed by atoms with Crippen molar-refractivity contribution in [2.45, 2.75) is 18.6 Å².